The Labute approximate surface area is 199 Å². The lowest BCUT2D eigenvalue weighted by Gasteiger charge is -2.32. The number of oxazole rings is 2. The first kappa shape index (κ1) is 23.9. The number of rotatable bonds is 4. The summed E-state index contributed by atoms with van der Waals surface area (Å²) in [4.78, 5) is 29.5. The Morgan fingerprint density at radius 3 is 2.64 bits per heavy atom. The number of aromatic nitrogens is 4. The molecule has 1 aromatic carbocycles. The average Bonchev–Trinajstić information content (AvgIpc) is 3.53. The molecule has 1 atom stereocenters. The first-order valence-corrected chi connectivity index (χ1v) is 10.7. The van der Waals surface area contributed by atoms with E-state index in [4.69, 9.17) is 8.83 Å². The van der Waals surface area contributed by atoms with E-state index >= 15 is 0 Å². The highest BCUT2D eigenvalue weighted by Gasteiger charge is 2.42. The lowest BCUT2D eigenvalue weighted by molar-refractivity contribution is -0.137. The summed E-state index contributed by atoms with van der Waals surface area (Å²) < 4.78 is 77.9. The molecule has 0 saturated heterocycles. The first-order valence-electron chi connectivity index (χ1n) is 10.7. The Kier molecular flexibility index (Phi) is 5.39. The van der Waals surface area contributed by atoms with Crippen LogP contribution in [0.3, 0.4) is 0 Å². The Morgan fingerprint density at radius 1 is 1.22 bits per heavy atom. The zero-order chi connectivity index (χ0) is 26.0. The zero-order valence-electron chi connectivity index (χ0n) is 18.7. The van der Waals surface area contributed by atoms with Gasteiger partial charge < -0.3 is 23.8 Å². The quantitative estimate of drug-likeness (QED) is 0.387. The van der Waals surface area contributed by atoms with Crippen LogP contribution in [0, 0.1) is 0 Å². The number of hydrogen-bond acceptors (Lipinski definition) is 7. The molecule has 3 aromatic heterocycles. The second-order valence-electron chi connectivity index (χ2n) is 8.74. The van der Waals surface area contributed by atoms with E-state index in [0.717, 1.165) is 23.1 Å². The number of alkyl halides is 5. The van der Waals surface area contributed by atoms with Crippen LogP contribution in [-0.4, -0.2) is 42.4 Å². The van der Waals surface area contributed by atoms with Crippen molar-refractivity contribution in [2.75, 3.05) is 6.54 Å². The fraction of sp³-hybridized carbons (Fsp3) is 0.364. The minimum absolute atomic E-state index is 0.00749. The number of benzene rings is 1. The standard InChI is InChI=1S/C22H18F5N5O4/c1-21(2,34)20-31-14(17(23)24)16(36-20)19(33)32-6-5-10-13(29-8-28-10)15(32)18-30-11-7-9(22(25,26)27)3-4-12(11)35-18/h3-4,7-8,15,17,34H,5-6H2,1-2H3,(H,28,29)/t15-/m0/s1. The van der Waals surface area contributed by atoms with E-state index in [1.165, 1.54) is 20.2 Å². The number of fused-ring (bicyclic) bond motifs is 2. The number of nitrogens with zero attached hydrogens (tertiary/aromatic N) is 4. The second-order valence-corrected chi connectivity index (χ2v) is 8.74. The highest BCUT2D eigenvalue weighted by molar-refractivity contribution is 5.93. The number of carbonyl (C=O) groups excluding carboxylic acids is 1. The van der Waals surface area contributed by atoms with Crippen molar-refractivity contribution >= 4 is 17.0 Å². The van der Waals surface area contributed by atoms with Crippen molar-refractivity contribution in [3.63, 3.8) is 0 Å². The Morgan fingerprint density at radius 2 is 1.97 bits per heavy atom. The normalized spacial score (nSPS) is 16.7. The van der Waals surface area contributed by atoms with Gasteiger partial charge in [-0.25, -0.2) is 23.7 Å². The number of amides is 1. The molecule has 1 amide bonds. The lowest BCUT2D eigenvalue weighted by atomic mass is 10.0. The van der Waals surface area contributed by atoms with Crippen LogP contribution in [0.4, 0.5) is 22.0 Å². The van der Waals surface area contributed by atoms with Crippen molar-refractivity contribution in [2.45, 2.75) is 44.5 Å². The molecule has 0 fully saturated rings. The highest BCUT2D eigenvalue weighted by Crippen LogP contribution is 2.38. The van der Waals surface area contributed by atoms with E-state index < -0.39 is 53.1 Å². The van der Waals surface area contributed by atoms with Gasteiger partial charge in [-0.2, -0.15) is 13.2 Å². The summed E-state index contributed by atoms with van der Waals surface area (Å²) >= 11 is 0. The molecule has 4 heterocycles. The summed E-state index contributed by atoms with van der Waals surface area (Å²) in [5.41, 5.74) is -2.79. The van der Waals surface area contributed by atoms with Gasteiger partial charge in [-0.1, -0.05) is 0 Å². The minimum Gasteiger partial charge on any atom is -0.438 e. The third kappa shape index (κ3) is 4.00. The van der Waals surface area contributed by atoms with Gasteiger partial charge >= 0.3 is 6.18 Å². The maximum absolute atomic E-state index is 13.7. The largest absolute Gasteiger partial charge is 0.438 e. The number of halogens is 5. The van der Waals surface area contributed by atoms with Crippen LogP contribution in [0.2, 0.25) is 0 Å². The molecule has 0 bridgehead atoms. The Balaban J connectivity index is 1.61. The average molecular weight is 511 g/mol. The van der Waals surface area contributed by atoms with Crippen molar-refractivity contribution in [1.82, 2.24) is 24.8 Å². The maximum Gasteiger partial charge on any atom is 0.416 e. The summed E-state index contributed by atoms with van der Waals surface area (Å²) in [6.45, 7) is 2.51. The molecular formula is C22H18F5N5O4. The highest BCUT2D eigenvalue weighted by atomic mass is 19.4. The number of hydrogen-bond donors (Lipinski definition) is 2. The van der Waals surface area contributed by atoms with Crippen molar-refractivity contribution in [3.05, 3.63) is 64.7 Å². The van der Waals surface area contributed by atoms with Crippen LogP contribution in [-0.2, 0) is 18.2 Å². The van der Waals surface area contributed by atoms with Gasteiger partial charge in [-0.3, -0.25) is 4.79 Å². The minimum atomic E-state index is -4.61. The molecule has 0 spiro atoms. The van der Waals surface area contributed by atoms with E-state index in [1.54, 1.807) is 0 Å². The maximum atomic E-state index is 13.7. The fourth-order valence-electron chi connectivity index (χ4n) is 4.01. The molecule has 0 saturated carbocycles. The van der Waals surface area contributed by atoms with Crippen molar-refractivity contribution in [1.29, 1.82) is 0 Å². The summed E-state index contributed by atoms with van der Waals surface area (Å²) in [5.74, 6) is -2.41. The van der Waals surface area contributed by atoms with Gasteiger partial charge in [0.25, 0.3) is 12.3 Å². The van der Waals surface area contributed by atoms with Gasteiger partial charge in [0.1, 0.15) is 11.1 Å². The molecule has 4 aromatic rings. The van der Waals surface area contributed by atoms with Gasteiger partial charge in [-0.15, -0.1) is 0 Å². The van der Waals surface area contributed by atoms with E-state index in [0.29, 0.717) is 5.69 Å². The Bertz CT molecular complexity index is 1450. The molecule has 0 radical (unpaired) electrons. The summed E-state index contributed by atoms with van der Waals surface area (Å²) in [6.07, 6.45) is -6.15. The molecular weight excluding hydrogens is 493 g/mol. The van der Waals surface area contributed by atoms with Crippen LogP contribution in [0.15, 0.2) is 33.4 Å². The molecule has 1 aliphatic rings. The van der Waals surface area contributed by atoms with Crippen molar-refractivity contribution in [3.8, 4) is 0 Å². The SMILES string of the molecule is CC(C)(O)c1nc(C(F)F)c(C(=O)N2CCc3[nH]cnc3[C@H]2c2nc3cc(C(F)(F)F)ccc3o2)o1. The van der Waals surface area contributed by atoms with Crippen molar-refractivity contribution in [2.24, 2.45) is 0 Å². The molecule has 14 heteroatoms. The molecule has 2 N–H and O–H groups in total. The Hall–Kier alpha value is -3.81. The third-order valence-electron chi connectivity index (χ3n) is 5.73. The van der Waals surface area contributed by atoms with Crippen LogP contribution >= 0.6 is 0 Å². The van der Waals surface area contributed by atoms with Crippen LogP contribution in [0.1, 0.15) is 71.3 Å². The predicted octanol–water partition coefficient (Wildman–Crippen LogP) is 4.51. The fourth-order valence-corrected chi connectivity index (χ4v) is 4.01. The summed E-state index contributed by atoms with van der Waals surface area (Å²) in [5, 5.41) is 10.1. The smallest absolute Gasteiger partial charge is 0.416 e. The van der Waals surface area contributed by atoms with Crippen LogP contribution in [0.5, 0.6) is 0 Å². The van der Waals surface area contributed by atoms with Gasteiger partial charge in [0.15, 0.2) is 17.3 Å². The monoisotopic (exact) mass is 511 g/mol. The number of nitrogens with one attached hydrogen (secondary N) is 1. The van der Waals surface area contributed by atoms with E-state index in [1.807, 2.05) is 0 Å². The molecule has 1 aliphatic heterocycles. The van der Waals surface area contributed by atoms with Crippen LogP contribution < -0.4 is 0 Å². The molecule has 190 valence electrons. The second kappa shape index (κ2) is 8.11. The molecule has 5 rings (SSSR count). The van der Waals surface area contributed by atoms with Gasteiger partial charge in [0, 0.05) is 18.7 Å². The molecule has 36 heavy (non-hydrogen) atoms. The zero-order valence-corrected chi connectivity index (χ0v) is 18.7. The summed E-state index contributed by atoms with van der Waals surface area (Å²) in [7, 11) is 0. The van der Waals surface area contributed by atoms with E-state index in [9.17, 15) is 31.9 Å². The number of aromatic amines is 1. The molecule has 0 aliphatic carbocycles. The molecule has 9 nitrogen and oxygen atoms in total. The van der Waals surface area contributed by atoms with Crippen molar-refractivity contribution < 1.29 is 40.7 Å². The van der Waals surface area contributed by atoms with Crippen LogP contribution in [0.25, 0.3) is 11.1 Å². The van der Waals surface area contributed by atoms with Gasteiger partial charge in [0.05, 0.1) is 17.6 Å². The number of aliphatic hydroxyl groups is 1. The lowest BCUT2D eigenvalue weighted by Crippen LogP contribution is -2.41. The molecule has 0 unspecified atom stereocenters. The summed E-state index contributed by atoms with van der Waals surface area (Å²) in [6, 6.07) is 1.60. The predicted molar refractivity (Wildman–Crippen MR) is 111 cm³/mol. The number of H-pyrrole nitrogens is 1. The van der Waals surface area contributed by atoms with Gasteiger partial charge in [-0.05, 0) is 32.0 Å². The van der Waals surface area contributed by atoms with Gasteiger partial charge in [0.2, 0.25) is 17.5 Å². The first-order chi connectivity index (χ1) is 16.8. The topological polar surface area (TPSA) is 121 Å². The van der Waals surface area contributed by atoms with E-state index in [-0.39, 0.29) is 35.6 Å². The number of carbonyl (C=O) groups is 1. The van der Waals surface area contributed by atoms with E-state index in [2.05, 4.69) is 19.9 Å². The third-order valence-corrected chi connectivity index (χ3v) is 5.73. The number of imidazole rings is 1.